The molecule has 1 saturated heterocycles. The molecule has 1 aliphatic heterocycles. The van der Waals surface area contributed by atoms with E-state index in [2.05, 4.69) is 5.32 Å². The fraction of sp³-hybridized carbons (Fsp3) is 0.455. The second-order valence-electron chi connectivity index (χ2n) is 3.68. The average Bonchev–Trinajstić information content (AvgIpc) is 2.66. The van der Waals surface area contributed by atoms with Crippen LogP contribution in [0.3, 0.4) is 0 Å². The van der Waals surface area contributed by atoms with E-state index in [1.807, 2.05) is 24.3 Å². The van der Waals surface area contributed by atoms with Crippen molar-refractivity contribution in [1.82, 2.24) is 0 Å². The number of hydrogen-bond donors (Lipinski definition) is 2. The van der Waals surface area contributed by atoms with Crippen LogP contribution in [-0.4, -0.2) is 32.4 Å². The molecule has 0 bridgehead atoms. The van der Waals surface area contributed by atoms with Gasteiger partial charge in [0.15, 0.2) is 0 Å². The fourth-order valence-electron chi connectivity index (χ4n) is 1.62. The lowest BCUT2D eigenvalue weighted by atomic mass is 10.1. The van der Waals surface area contributed by atoms with E-state index in [1.54, 1.807) is 7.11 Å². The smallest absolute Gasteiger partial charge is 0.119 e. The van der Waals surface area contributed by atoms with Crippen molar-refractivity contribution in [2.75, 3.05) is 25.6 Å². The Balaban J connectivity index is 1.98. The number of ether oxygens (including phenoxy) is 2. The molecule has 1 fully saturated rings. The minimum Gasteiger partial charge on any atom is -0.497 e. The Kier molecular flexibility index (Phi) is 3.08. The van der Waals surface area contributed by atoms with E-state index in [0.717, 1.165) is 11.4 Å². The molecule has 0 aromatic heterocycles. The Hall–Kier alpha value is -1.26. The first-order valence-electron chi connectivity index (χ1n) is 5.03. The van der Waals surface area contributed by atoms with E-state index >= 15 is 0 Å². The van der Waals surface area contributed by atoms with Crippen LogP contribution in [0, 0.1) is 0 Å². The van der Waals surface area contributed by atoms with Gasteiger partial charge in [-0.1, -0.05) is 0 Å². The standard InChI is InChI=1S/C11H16N2O2/c1-14-9-4-2-8(3-5-9)13-11-7-15-6-10(11)12/h2-5,10-11,13H,6-7,12H2,1H3. The van der Waals surface area contributed by atoms with Gasteiger partial charge in [-0.05, 0) is 24.3 Å². The number of nitrogens with two attached hydrogens (primary N) is 1. The van der Waals surface area contributed by atoms with E-state index in [4.69, 9.17) is 15.2 Å². The van der Waals surface area contributed by atoms with Gasteiger partial charge in [0.2, 0.25) is 0 Å². The molecule has 0 spiro atoms. The highest BCUT2D eigenvalue weighted by Gasteiger charge is 2.24. The van der Waals surface area contributed by atoms with Crippen LogP contribution >= 0.6 is 0 Å². The van der Waals surface area contributed by atoms with Crippen LogP contribution in [0.25, 0.3) is 0 Å². The summed E-state index contributed by atoms with van der Waals surface area (Å²) in [6.45, 7) is 1.31. The van der Waals surface area contributed by atoms with Gasteiger partial charge in [-0.15, -0.1) is 0 Å². The fourth-order valence-corrected chi connectivity index (χ4v) is 1.62. The van der Waals surface area contributed by atoms with E-state index in [0.29, 0.717) is 13.2 Å². The first kappa shape index (κ1) is 10.3. The van der Waals surface area contributed by atoms with Gasteiger partial charge in [0, 0.05) is 5.69 Å². The van der Waals surface area contributed by atoms with Crippen LogP contribution < -0.4 is 15.8 Å². The Bertz CT molecular complexity index is 313. The summed E-state index contributed by atoms with van der Waals surface area (Å²) in [4.78, 5) is 0. The van der Waals surface area contributed by atoms with Crippen LogP contribution in [0.1, 0.15) is 0 Å². The van der Waals surface area contributed by atoms with Crippen LogP contribution in [0.15, 0.2) is 24.3 Å². The van der Waals surface area contributed by atoms with Crippen LogP contribution in [0.5, 0.6) is 5.75 Å². The molecule has 15 heavy (non-hydrogen) atoms. The average molecular weight is 208 g/mol. The minimum absolute atomic E-state index is 0.0760. The second kappa shape index (κ2) is 4.51. The molecule has 1 heterocycles. The highest BCUT2D eigenvalue weighted by Crippen LogP contribution is 2.17. The van der Waals surface area contributed by atoms with E-state index in [9.17, 15) is 0 Å². The predicted molar refractivity (Wildman–Crippen MR) is 59.2 cm³/mol. The molecule has 1 aromatic rings. The Morgan fingerprint density at radius 1 is 1.33 bits per heavy atom. The number of benzene rings is 1. The zero-order chi connectivity index (χ0) is 10.7. The molecule has 4 nitrogen and oxygen atoms in total. The van der Waals surface area contributed by atoms with Crippen molar-refractivity contribution in [2.45, 2.75) is 12.1 Å². The molecule has 1 aliphatic rings. The quantitative estimate of drug-likeness (QED) is 0.772. The molecular formula is C11H16N2O2. The summed E-state index contributed by atoms with van der Waals surface area (Å²) in [6, 6.07) is 8.08. The van der Waals surface area contributed by atoms with E-state index in [-0.39, 0.29) is 12.1 Å². The summed E-state index contributed by atoms with van der Waals surface area (Å²) in [5.74, 6) is 0.854. The monoisotopic (exact) mass is 208 g/mol. The molecule has 3 N–H and O–H groups in total. The van der Waals surface area contributed by atoms with Gasteiger partial charge in [0.05, 0.1) is 32.4 Å². The summed E-state index contributed by atoms with van der Waals surface area (Å²) in [7, 11) is 1.66. The number of hydrogen-bond acceptors (Lipinski definition) is 4. The minimum atomic E-state index is 0.0760. The zero-order valence-electron chi connectivity index (χ0n) is 8.77. The molecule has 2 unspecified atom stereocenters. The SMILES string of the molecule is COc1ccc(NC2COCC2N)cc1. The Morgan fingerprint density at radius 3 is 2.60 bits per heavy atom. The van der Waals surface area contributed by atoms with Crippen molar-refractivity contribution >= 4 is 5.69 Å². The molecule has 4 heteroatoms. The topological polar surface area (TPSA) is 56.5 Å². The summed E-state index contributed by atoms with van der Waals surface area (Å²) >= 11 is 0. The van der Waals surface area contributed by atoms with Crippen molar-refractivity contribution in [2.24, 2.45) is 5.73 Å². The van der Waals surface area contributed by atoms with Gasteiger partial charge in [-0.2, -0.15) is 0 Å². The number of nitrogens with one attached hydrogen (secondary N) is 1. The first-order chi connectivity index (χ1) is 7.29. The second-order valence-corrected chi connectivity index (χ2v) is 3.68. The van der Waals surface area contributed by atoms with Gasteiger partial charge in [-0.3, -0.25) is 0 Å². The molecule has 0 radical (unpaired) electrons. The van der Waals surface area contributed by atoms with Crippen molar-refractivity contribution < 1.29 is 9.47 Å². The highest BCUT2D eigenvalue weighted by atomic mass is 16.5. The Labute approximate surface area is 89.4 Å². The molecule has 82 valence electrons. The summed E-state index contributed by atoms with van der Waals surface area (Å²) in [5, 5.41) is 3.34. The van der Waals surface area contributed by atoms with Crippen molar-refractivity contribution in [1.29, 1.82) is 0 Å². The number of methoxy groups -OCH3 is 1. The molecule has 0 amide bonds. The normalized spacial score (nSPS) is 25.2. The van der Waals surface area contributed by atoms with Crippen molar-refractivity contribution in [3.05, 3.63) is 24.3 Å². The van der Waals surface area contributed by atoms with Gasteiger partial charge < -0.3 is 20.5 Å². The summed E-state index contributed by atoms with van der Waals surface area (Å²) < 4.78 is 10.4. The molecule has 0 aliphatic carbocycles. The van der Waals surface area contributed by atoms with E-state index in [1.165, 1.54) is 0 Å². The van der Waals surface area contributed by atoms with Gasteiger partial charge in [-0.25, -0.2) is 0 Å². The molecule has 2 atom stereocenters. The zero-order valence-corrected chi connectivity index (χ0v) is 8.77. The lowest BCUT2D eigenvalue weighted by molar-refractivity contribution is 0.192. The van der Waals surface area contributed by atoms with Crippen molar-refractivity contribution in [3.63, 3.8) is 0 Å². The first-order valence-corrected chi connectivity index (χ1v) is 5.03. The maximum atomic E-state index is 5.87. The Morgan fingerprint density at radius 2 is 2.07 bits per heavy atom. The maximum absolute atomic E-state index is 5.87. The van der Waals surface area contributed by atoms with Crippen LogP contribution in [-0.2, 0) is 4.74 Å². The highest BCUT2D eigenvalue weighted by molar-refractivity contribution is 5.47. The maximum Gasteiger partial charge on any atom is 0.119 e. The summed E-state index contributed by atoms with van der Waals surface area (Å²) in [6.07, 6.45) is 0. The molecule has 0 saturated carbocycles. The van der Waals surface area contributed by atoms with Gasteiger partial charge >= 0.3 is 0 Å². The number of rotatable bonds is 3. The third kappa shape index (κ3) is 2.40. The largest absolute Gasteiger partial charge is 0.497 e. The van der Waals surface area contributed by atoms with Crippen molar-refractivity contribution in [3.8, 4) is 5.75 Å². The van der Waals surface area contributed by atoms with Crippen LogP contribution in [0.4, 0.5) is 5.69 Å². The van der Waals surface area contributed by atoms with E-state index < -0.39 is 0 Å². The lowest BCUT2D eigenvalue weighted by Crippen LogP contribution is -2.38. The van der Waals surface area contributed by atoms with Crippen LogP contribution in [0.2, 0.25) is 0 Å². The molecular weight excluding hydrogens is 192 g/mol. The molecule has 2 rings (SSSR count). The lowest BCUT2D eigenvalue weighted by Gasteiger charge is -2.16. The third-order valence-corrected chi connectivity index (χ3v) is 2.57. The number of anilines is 1. The molecule has 1 aromatic carbocycles. The summed E-state index contributed by atoms with van der Waals surface area (Å²) in [5.41, 5.74) is 6.91. The third-order valence-electron chi connectivity index (χ3n) is 2.57. The van der Waals surface area contributed by atoms with Gasteiger partial charge in [0.1, 0.15) is 5.75 Å². The van der Waals surface area contributed by atoms with Gasteiger partial charge in [0.25, 0.3) is 0 Å². The predicted octanol–water partition coefficient (Wildman–Crippen LogP) is 0.833.